The van der Waals surface area contributed by atoms with Gasteiger partial charge in [-0.25, -0.2) is 0 Å². The predicted molar refractivity (Wildman–Crippen MR) is 129 cm³/mol. The van der Waals surface area contributed by atoms with Crippen LogP contribution in [0, 0.1) is 13.8 Å². The van der Waals surface area contributed by atoms with Crippen LogP contribution in [-0.2, 0) is 6.54 Å². The van der Waals surface area contributed by atoms with E-state index in [1.165, 1.54) is 27.8 Å². The minimum Gasteiger partial charge on any atom is -0.348 e. The average Bonchev–Trinajstić information content (AvgIpc) is 2.74. The minimum absolute atomic E-state index is 0.0489. The number of nitrogens with zero attached hydrogens (tertiary/aromatic N) is 1. The Kier molecular flexibility index (Phi) is 6.74. The molecule has 31 heavy (non-hydrogen) atoms. The Morgan fingerprint density at radius 2 is 1.74 bits per heavy atom. The van der Waals surface area contributed by atoms with E-state index in [2.05, 4.69) is 66.5 Å². The molecule has 0 saturated carbocycles. The number of rotatable bonds is 5. The van der Waals surface area contributed by atoms with Gasteiger partial charge in [-0.3, -0.25) is 9.69 Å². The number of aryl methyl sites for hydroxylation is 2. The molecular formula is C27H29ClN2O. The fourth-order valence-electron chi connectivity index (χ4n) is 4.42. The standard InChI is InChI=1S/C27H29ClN2O/c1-19-13-20(2)15-24(14-19)22-10-8-21(9-11-22)17-30-12-4-7-26(18-30)29-27(31)23-5-3-6-25(28)16-23/h3,5-6,8-11,13-16,26H,4,7,12,17-18H2,1-2H3,(H,29,31). The molecule has 1 atom stereocenters. The van der Waals surface area contributed by atoms with Crippen LogP contribution in [0.4, 0.5) is 0 Å². The summed E-state index contributed by atoms with van der Waals surface area (Å²) in [5.74, 6) is -0.0489. The van der Waals surface area contributed by atoms with Gasteiger partial charge < -0.3 is 5.32 Å². The van der Waals surface area contributed by atoms with Crippen molar-refractivity contribution in [2.45, 2.75) is 39.3 Å². The largest absolute Gasteiger partial charge is 0.348 e. The van der Waals surface area contributed by atoms with Gasteiger partial charge in [-0.15, -0.1) is 0 Å². The Morgan fingerprint density at radius 1 is 1.00 bits per heavy atom. The number of carbonyl (C=O) groups excluding carboxylic acids is 1. The molecule has 1 N–H and O–H groups in total. The summed E-state index contributed by atoms with van der Waals surface area (Å²) >= 11 is 6.02. The predicted octanol–water partition coefficient (Wildman–Crippen LogP) is 6.02. The quantitative estimate of drug-likeness (QED) is 0.534. The Balaban J connectivity index is 1.36. The van der Waals surface area contributed by atoms with Crippen molar-refractivity contribution in [3.05, 3.63) is 94.0 Å². The third-order valence-electron chi connectivity index (χ3n) is 5.84. The third kappa shape index (κ3) is 5.75. The number of likely N-dealkylation sites (tertiary alicyclic amines) is 1. The lowest BCUT2D eigenvalue weighted by atomic mass is 9.99. The van der Waals surface area contributed by atoms with Crippen LogP contribution in [0.25, 0.3) is 11.1 Å². The van der Waals surface area contributed by atoms with Crippen LogP contribution in [0.2, 0.25) is 5.02 Å². The van der Waals surface area contributed by atoms with Gasteiger partial charge >= 0.3 is 0 Å². The number of benzene rings is 3. The molecule has 1 heterocycles. The Labute approximate surface area is 190 Å². The maximum Gasteiger partial charge on any atom is 0.251 e. The van der Waals surface area contributed by atoms with Crippen molar-refractivity contribution < 1.29 is 4.79 Å². The van der Waals surface area contributed by atoms with E-state index in [1.54, 1.807) is 18.2 Å². The van der Waals surface area contributed by atoms with E-state index in [-0.39, 0.29) is 11.9 Å². The normalized spacial score (nSPS) is 16.8. The first-order chi connectivity index (χ1) is 15.0. The van der Waals surface area contributed by atoms with Gasteiger partial charge in [-0.2, -0.15) is 0 Å². The molecule has 0 aromatic heterocycles. The zero-order chi connectivity index (χ0) is 21.8. The van der Waals surface area contributed by atoms with Crippen molar-refractivity contribution in [1.82, 2.24) is 10.2 Å². The van der Waals surface area contributed by atoms with Crippen LogP contribution in [0.5, 0.6) is 0 Å². The van der Waals surface area contributed by atoms with Crippen LogP contribution in [0.3, 0.4) is 0 Å². The van der Waals surface area contributed by atoms with E-state index < -0.39 is 0 Å². The van der Waals surface area contributed by atoms with Gasteiger partial charge in [-0.05, 0) is 68.1 Å². The Hall–Kier alpha value is -2.62. The van der Waals surface area contributed by atoms with Crippen LogP contribution >= 0.6 is 11.6 Å². The average molecular weight is 433 g/mol. The molecule has 1 aliphatic heterocycles. The van der Waals surface area contributed by atoms with Gasteiger partial charge in [0.1, 0.15) is 0 Å². The molecule has 4 heteroatoms. The van der Waals surface area contributed by atoms with Gasteiger partial charge in [0.15, 0.2) is 0 Å². The molecule has 0 aliphatic carbocycles. The SMILES string of the molecule is Cc1cc(C)cc(-c2ccc(CN3CCCC(NC(=O)c4cccc(Cl)c4)C3)cc2)c1. The van der Waals surface area contributed by atoms with Crippen molar-refractivity contribution in [3.63, 3.8) is 0 Å². The molecule has 1 amide bonds. The first kappa shape index (κ1) is 21.6. The highest BCUT2D eigenvalue weighted by Crippen LogP contribution is 2.23. The zero-order valence-corrected chi connectivity index (χ0v) is 19.0. The highest BCUT2D eigenvalue weighted by molar-refractivity contribution is 6.30. The Bertz CT molecular complexity index is 1040. The van der Waals surface area contributed by atoms with Gasteiger partial charge in [0.2, 0.25) is 0 Å². The maximum absolute atomic E-state index is 12.6. The second-order valence-electron chi connectivity index (χ2n) is 8.63. The monoisotopic (exact) mass is 432 g/mol. The number of nitrogens with one attached hydrogen (secondary N) is 1. The molecule has 0 radical (unpaired) electrons. The van der Waals surface area contributed by atoms with E-state index in [1.807, 2.05) is 6.07 Å². The highest BCUT2D eigenvalue weighted by atomic mass is 35.5. The first-order valence-electron chi connectivity index (χ1n) is 10.9. The van der Waals surface area contributed by atoms with Crippen molar-refractivity contribution in [1.29, 1.82) is 0 Å². The lowest BCUT2D eigenvalue weighted by molar-refractivity contribution is 0.0901. The third-order valence-corrected chi connectivity index (χ3v) is 6.08. The summed E-state index contributed by atoms with van der Waals surface area (Å²) in [5.41, 5.74) is 7.02. The van der Waals surface area contributed by atoms with Crippen LogP contribution in [-0.4, -0.2) is 29.9 Å². The summed E-state index contributed by atoms with van der Waals surface area (Å²) in [5, 5.41) is 3.77. The summed E-state index contributed by atoms with van der Waals surface area (Å²) in [4.78, 5) is 15.0. The zero-order valence-electron chi connectivity index (χ0n) is 18.2. The topological polar surface area (TPSA) is 32.3 Å². The number of piperidine rings is 1. The van der Waals surface area contributed by atoms with Crippen molar-refractivity contribution in [3.8, 4) is 11.1 Å². The second-order valence-corrected chi connectivity index (χ2v) is 9.07. The molecule has 1 saturated heterocycles. The number of carbonyl (C=O) groups is 1. The van der Waals surface area contributed by atoms with E-state index in [0.717, 1.165) is 32.5 Å². The van der Waals surface area contributed by atoms with Crippen molar-refractivity contribution in [2.75, 3.05) is 13.1 Å². The molecule has 3 nitrogen and oxygen atoms in total. The van der Waals surface area contributed by atoms with Crippen molar-refractivity contribution >= 4 is 17.5 Å². The van der Waals surface area contributed by atoms with Gasteiger partial charge in [0, 0.05) is 29.7 Å². The maximum atomic E-state index is 12.6. The molecule has 0 spiro atoms. The number of amides is 1. The van der Waals surface area contributed by atoms with Crippen LogP contribution < -0.4 is 5.32 Å². The lowest BCUT2D eigenvalue weighted by Gasteiger charge is -2.33. The molecule has 1 aliphatic rings. The molecular weight excluding hydrogens is 404 g/mol. The smallest absolute Gasteiger partial charge is 0.251 e. The molecule has 3 aromatic carbocycles. The molecule has 3 aromatic rings. The number of hydrogen-bond donors (Lipinski definition) is 1. The lowest BCUT2D eigenvalue weighted by Crippen LogP contribution is -2.47. The number of halogens is 1. The Morgan fingerprint density at radius 3 is 2.45 bits per heavy atom. The molecule has 160 valence electrons. The van der Waals surface area contributed by atoms with Crippen LogP contribution in [0.15, 0.2) is 66.7 Å². The summed E-state index contributed by atoms with van der Waals surface area (Å²) in [6, 6.07) is 22.8. The molecule has 4 rings (SSSR count). The van der Waals surface area contributed by atoms with E-state index in [9.17, 15) is 4.79 Å². The summed E-state index contributed by atoms with van der Waals surface area (Å²) < 4.78 is 0. The second kappa shape index (κ2) is 9.67. The summed E-state index contributed by atoms with van der Waals surface area (Å²) in [7, 11) is 0. The molecule has 0 bridgehead atoms. The minimum atomic E-state index is -0.0489. The molecule has 1 fully saturated rings. The van der Waals surface area contributed by atoms with E-state index in [4.69, 9.17) is 11.6 Å². The first-order valence-corrected chi connectivity index (χ1v) is 11.3. The summed E-state index contributed by atoms with van der Waals surface area (Å²) in [6.07, 6.45) is 2.09. The van der Waals surface area contributed by atoms with Crippen LogP contribution in [0.1, 0.15) is 39.9 Å². The van der Waals surface area contributed by atoms with Gasteiger partial charge in [0.25, 0.3) is 5.91 Å². The fraction of sp³-hybridized carbons (Fsp3) is 0.296. The highest BCUT2D eigenvalue weighted by Gasteiger charge is 2.22. The van der Waals surface area contributed by atoms with E-state index in [0.29, 0.717) is 10.6 Å². The van der Waals surface area contributed by atoms with Gasteiger partial charge in [-0.1, -0.05) is 71.3 Å². The van der Waals surface area contributed by atoms with Gasteiger partial charge in [0.05, 0.1) is 0 Å². The fourth-order valence-corrected chi connectivity index (χ4v) is 4.61. The molecule has 1 unspecified atom stereocenters. The van der Waals surface area contributed by atoms with Crippen molar-refractivity contribution in [2.24, 2.45) is 0 Å². The van der Waals surface area contributed by atoms with E-state index >= 15 is 0 Å². The number of hydrogen-bond acceptors (Lipinski definition) is 2. The summed E-state index contributed by atoms with van der Waals surface area (Å²) in [6.45, 7) is 7.11.